The van der Waals surface area contributed by atoms with Crippen LogP contribution in [0.4, 0.5) is 0 Å². The Bertz CT molecular complexity index is 689. The fraction of sp³-hybridized carbons (Fsp3) is 0.412. The standard InChI is InChI=1S/C17H21BrN4S2/c1-21(2)8-5-9-22-16(14-10-12(18)11-24-14)15(20-17(22)23)13-6-3-4-7-19-13/h3-4,6-7,10-11,15-16H,5,8-9H2,1-2H3,(H,20,23)/t15-,16-/m1/s1. The number of nitrogens with zero attached hydrogens (tertiary/aromatic N) is 3. The van der Waals surface area contributed by atoms with E-state index < -0.39 is 0 Å². The number of pyridine rings is 1. The second kappa shape index (κ2) is 7.91. The average Bonchev–Trinajstić information content (AvgIpc) is 3.12. The number of hydrogen-bond donors (Lipinski definition) is 1. The Morgan fingerprint density at radius 1 is 1.42 bits per heavy atom. The Morgan fingerprint density at radius 3 is 2.88 bits per heavy atom. The maximum Gasteiger partial charge on any atom is 0.170 e. The summed E-state index contributed by atoms with van der Waals surface area (Å²) < 4.78 is 1.12. The first-order chi connectivity index (χ1) is 11.6. The summed E-state index contributed by atoms with van der Waals surface area (Å²) in [6, 6.07) is 8.51. The zero-order valence-electron chi connectivity index (χ0n) is 13.8. The van der Waals surface area contributed by atoms with Crippen LogP contribution in [-0.4, -0.2) is 47.1 Å². The van der Waals surface area contributed by atoms with Crippen LogP contribution in [-0.2, 0) is 0 Å². The first kappa shape index (κ1) is 17.8. The monoisotopic (exact) mass is 424 g/mol. The van der Waals surface area contributed by atoms with Crippen molar-refractivity contribution in [1.29, 1.82) is 0 Å². The Labute approximate surface area is 161 Å². The SMILES string of the molecule is CN(C)CCCN1C(=S)N[C@H](c2ccccn2)[C@H]1c1cc(Br)cs1. The van der Waals surface area contributed by atoms with E-state index in [-0.39, 0.29) is 12.1 Å². The molecule has 7 heteroatoms. The van der Waals surface area contributed by atoms with Gasteiger partial charge in [0.15, 0.2) is 5.11 Å². The molecule has 1 aliphatic heterocycles. The van der Waals surface area contributed by atoms with Crippen molar-refractivity contribution in [2.24, 2.45) is 0 Å². The second-order valence-corrected chi connectivity index (χ2v) is 8.39. The molecule has 2 atom stereocenters. The van der Waals surface area contributed by atoms with Crippen molar-refractivity contribution in [2.45, 2.75) is 18.5 Å². The van der Waals surface area contributed by atoms with Gasteiger partial charge in [0.2, 0.25) is 0 Å². The zero-order chi connectivity index (χ0) is 17.1. The number of aromatic nitrogens is 1. The smallest absolute Gasteiger partial charge is 0.170 e. The molecular weight excluding hydrogens is 404 g/mol. The van der Waals surface area contributed by atoms with Crippen molar-refractivity contribution in [1.82, 2.24) is 20.1 Å². The molecule has 4 nitrogen and oxygen atoms in total. The highest BCUT2D eigenvalue weighted by Gasteiger charge is 2.40. The molecule has 0 saturated carbocycles. The van der Waals surface area contributed by atoms with Crippen molar-refractivity contribution in [3.05, 3.63) is 50.9 Å². The van der Waals surface area contributed by atoms with Crippen LogP contribution < -0.4 is 5.32 Å². The molecule has 1 saturated heterocycles. The third kappa shape index (κ3) is 3.96. The molecule has 24 heavy (non-hydrogen) atoms. The summed E-state index contributed by atoms with van der Waals surface area (Å²) in [7, 11) is 4.20. The lowest BCUT2D eigenvalue weighted by Crippen LogP contribution is -2.32. The van der Waals surface area contributed by atoms with Gasteiger partial charge in [-0.15, -0.1) is 11.3 Å². The molecule has 0 amide bonds. The van der Waals surface area contributed by atoms with E-state index in [2.05, 4.69) is 67.6 Å². The second-order valence-electron chi connectivity index (χ2n) is 6.14. The van der Waals surface area contributed by atoms with Crippen LogP contribution in [0.15, 0.2) is 40.3 Å². The molecule has 1 aliphatic rings. The van der Waals surface area contributed by atoms with Crippen LogP contribution in [0.2, 0.25) is 0 Å². The topological polar surface area (TPSA) is 31.4 Å². The van der Waals surface area contributed by atoms with E-state index in [4.69, 9.17) is 12.2 Å². The summed E-state index contributed by atoms with van der Waals surface area (Å²) in [4.78, 5) is 10.4. The number of nitrogens with one attached hydrogen (secondary N) is 1. The molecule has 0 radical (unpaired) electrons. The summed E-state index contributed by atoms with van der Waals surface area (Å²) in [5, 5.41) is 6.44. The normalized spacial score (nSPS) is 20.7. The number of thiocarbonyl (C=S) groups is 1. The number of rotatable bonds is 6. The first-order valence-corrected chi connectivity index (χ1v) is 10.0. The quantitative estimate of drug-likeness (QED) is 0.712. The van der Waals surface area contributed by atoms with Gasteiger partial charge in [-0.3, -0.25) is 4.98 Å². The number of thiophene rings is 1. The van der Waals surface area contributed by atoms with Gasteiger partial charge in [0.1, 0.15) is 0 Å². The third-order valence-electron chi connectivity index (χ3n) is 4.08. The molecule has 1 N–H and O–H groups in total. The summed E-state index contributed by atoms with van der Waals surface area (Å²) in [5.41, 5.74) is 1.03. The van der Waals surface area contributed by atoms with E-state index in [0.29, 0.717) is 0 Å². The van der Waals surface area contributed by atoms with Crippen molar-refractivity contribution >= 4 is 44.6 Å². The third-order valence-corrected chi connectivity index (χ3v) is 6.20. The van der Waals surface area contributed by atoms with Gasteiger partial charge in [0, 0.05) is 27.5 Å². The fourth-order valence-corrected chi connectivity index (χ4v) is 4.92. The maximum atomic E-state index is 5.65. The van der Waals surface area contributed by atoms with Crippen LogP contribution >= 0.6 is 39.5 Å². The summed E-state index contributed by atoms with van der Waals surface area (Å²) in [6.07, 6.45) is 2.92. The molecule has 0 bridgehead atoms. The molecular formula is C17H21BrN4S2. The Hall–Kier alpha value is -1.02. The minimum atomic E-state index is 0.0867. The predicted octanol–water partition coefficient (Wildman–Crippen LogP) is 3.83. The van der Waals surface area contributed by atoms with Crippen LogP contribution in [0.25, 0.3) is 0 Å². The molecule has 1 fully saturated rings. The van der Waals surface area contributed by atoms with Gasteiger partial charge < -0.3 is 15.1 Å². The van der Waals surface area contributed by atoms with E-state index >= 15 is 0 Å². The van der Waals surface area contributed by atoms with Crippen LogP contribution in [0.1, 0.15) is 29.1 Å². The van der Waals surface area contributed by atoms with Crippen molar-refractivity contribution in [2.75, 3.05) is 27.2 Å². The van der Waals surface area contributed by atoms with Gasteiger partial charge in [0.25, 0.3) is 0 Å². The van der Waals surface area contributed by atoms with Crippen LogP contribution in [0.5, 0.6) is 0 Å². The molecule has 0 unspecified atom stereocenters. The van der Waals surface area contributed by atoms with Crippen molar-refractivity contribution in [3.8, 4) is 0 Å². The average molecular weight is 425 g/mol. The first-order valence-electron chi connectivity index (χ1n) is 7.93. The van der Waals surface area contributed by atoms with Gasteiger partial charge in [-0.1, -0.05) is 6.07 Å². The minimum absolute atomic E-state index is 0.0867. The van der Waals surface area contributed by atoms with Gasteiger partial charge in [0.05, 0.1) is 17.8 Å². The van der Waals surface area contributed by atoms with E-state index in [0.717, 1.165) is 34.8 Å². The highest BCUT2D eigenvalue weighted by molar-refractivity contribution is 9.10. The lowest BCUT2D eigenvalue weighted by molar-refractivity contribution is 0.296. The molecule has 128 valence electrons. The minimum Gasteiger partial charge on any atom is -0.352 e. The summed E-state index contributed by atoms with van der Waals surface area (Å²) >= 11 is 11.0. The zero-order valence-corrected chi connectivity index (χ0v) is 17.0. The molecule has 3 rings (SSSR count). The van der Waals surface area contributed by atoms with E-state index in [1.807, 2.05) is 18.3 Å². The highest BCUT2D eigenvalue weighted by Crippen LogP contribution is 2.41. The summed E-state index contributed by atoms with van der Waals surface area (Å²) in [6.45, 7) is 1.99. The van der Waals surface area contributed by atoms with E-state index in [9.17, 15) is 0 Å². The maximum absolute atomic E-state index is 5.65. The van der Waals surface area contributed by atoms with Crippen LogP contribution in [0.3, 0.4) is 0 Å². The van der Waals surface area contributed by atoms with Crippen molar-refractivity contribution < 1.29 is 0 Å². The molecule has 0 aliphatic carbocycles. The molecule has 0 aromatic carbocycles. The van der Waals surface area contributed by atoms with Crippen molar-refractivity contribution in [3.63, 3.8) is 0 Å². The number of halogens is 1. The van der Waals surface area contributed by atoms with Gasteiger partial charge in [-0.2, -0.15) is 0 Å². The Morgan fingerprint density at radius 2 is 2.25 bits per heavy atom. The Kier molecular flexibility index (Phi) is 5.86. The van der Waals surface area contributed by atoms with Gasteiger partial charge in [-0.05, 0) is 73.4 Å². The number of hydrogen-bond acceptors (Lipinski definition) is 4. The lowest BCUT2D eigenvalue weighted by Gasteiger charge is -2.27. The van der Waals surface area contributed by atoms with Gasteiger partial charge in [-0.25, -0.2) is 0 Å². The molecule has 2 aromatic heterocycles. The fourth-order valence-electron chi connectivity index (χ4n) is 3.00. The lowest BCUT2D eigenvalue weighted by atomic mass is 10.0. The van der Waals surface area contributed by atoms with E-state index in [1.54, 1.807) is 11.3 Å². The van der Waals surface area contributed by atoms with Crippen LogP contribution in [0, 0.1) is 0 Å². The molecule has 0 spiro atoms. The largest absolute Gasteiger partial charge is 0.352 e. The van der Waals surface area contributed by atoms with E-state index in [1.165, 1.54) is 4.88 Å². The molecule has 3 heterocycles. The Balaban J connectivity index is 1.88. The molecule has 2 aromatic rings. The predicted molar refractivity (Wildman–Crippen MR) is 107 cm³/mol. The summed E-state index contributed by atoms with van der Waals surface area (Å²) in [5.74, 6) is 0. The highest BCUT2D eigenvalue weighted by atomic mass is 79.9. The van der Waals surface area contributed by atoms with Gasteiger partial charge >= 0.3 is 0 Å².